The number of aliphatic hydroxyl groups excluding tert-OH is 1. The highest BCUT2D eigenvalue weighted by Gasteiger charge is 2.15. The maximum absolute atomic E-state index is 11.4. The summed E-state index contributed by atoms with van der Waals surface area (Å²) in [5.74, 6) is 0. The second kappa shape index (κ2) is 8.67. The van der Waals surface area contributed by atoms with Crippen LogP contribution in [0.15, 0.2) is 30.3 Å². The number of hydrogen-bond donors (Lipinski definition) is 2. The molecule has 0 aliphatic rings. The Kier molecular flexibility index (Phi) is 7.23. The van der Waals surface area contributed by atoms with Gasteiger partial charge in [0.25, 0.3) is 0 Å². The average molecular weight is 293 g/mol. The van der Waals surface area contributed by atoms with E-state index in [0.29, 0.717) is 6.54 Å². The van der Waals surface area contributed by atoms with Gasteiger partial charge in [-0.2, -0.15) is 0 Å². The van der Waals surface area contributed by atoms with E-state index >= 15 is 0 Å². The minimum absolute atomic E-state index is 0.369. The summed E-state index contributed by atoms with van der Waals surface area (Å²) in [7, 11) is 0. The molecule has 0 radical (unpaired) electrons. The van der Waals surface area contributed by atoms with Gasteiger partial charge in [0, 0.05) is 6.54 Å². The van der Waals surface area contributed by atoms with Crippen molar-refractivity contribution in [1.82, 2.24) is 5.32 Å². The largest absolute Gasteiger partial charge is 0.444 e. The molecule has 0 spiro atoms. The number of benzene rings is 1. The molecule has 1 aromatic rings. The molecule has 4 nitrogen and oxygen atoms in total. The van der Waals surface area contributed by atoms with Crippen molar-refractivity contribution in [3.8, 4) is 0 Å². The monoisotopic (exact) mass is 293 g/mol. The molecule has 2 N–H and O–H groups in total. The smallest absolute Gasteiger partial charge is 0.407 e. The van der Waals surface area contributed by atoms with Gasteiger partial charge in [0.1, 0.15) is 5.60 Å². The van der Waals surface area contributed by atoms with Crippen LogP contribution in [0, 0.1) is 0 Å². The summed E-state index contributed by atoms with van der Waals surface area (Å²) in [5, 5.41) is 12.7. The molecule has 0 bridgehead atoms. The molecule has 0 saturated heterocycles. The van der Waals surface area contributed by atoms with Crippen molar-refractivity contribution in [2.24, 2.45) is 0 Å². The van der Waals surface area contributed by atoms with Crippen molar-refractivity contribution in [2.75, 3.05) is 6.54 Å². The molecule has 1 atom stereocenters. The fourth-order valence-corrected chi connectivity index (χ4v) is 1.99. The van der Waals surface area contributed by atoms with E-state index in [1.807, 2.05) is 51.1 Å². The number of hydrogen-bond acceptors (Lipinski definition) is 3. The van der Waals surface area contributed by atoms with Crippen LogP contribution in [0.3, 0.4) is 0 Å². The van der Waals surface area contributed by atoms with E-state index in [-0.39, 0.29) is 6.09 Å². The van der Waals surface area contributed by atoms with Gasteiger partial charge >= 0.3 is 6.09 Å². The van der Waals surface area contributed by atoms with Crippen LogP contribution in [-0.2, 0) is 4.74 Å². The van der Waals surface area contributed by atoms with Gasteiger partial charge in [0.15, 0.2) is 0 Å². The van der Waals surface area contributed by atoms with Crippen molar-refractivity contribution in [3.63, 3.8) is 0 Å². The molecular weight excluding hydrogens is 266 g/mol. The molecule has 21 heavy (non-hydrogen) atoms. The molecule has 0 aliphatic heterocycles. The zero-order chi connectivity index (χ0) is 15.7. The van der Waals surface area contributed by atoms with Gasteiger partial charge in [0.2, 0.25) is 0 Å². The molecule has 1 rings (SSSR count). The first-order valence-corrected chi connectivity index (χ1v) is 7.58. The zero-order valence-corrected chi connectivity index (χ0v) is 13.3. The summed E-state index contributed by atoms with van der Waals surface area (Å²) in [4.78, 5) is 11.4. The van der Waals surface area contributed by atoms with Crippen molar-refractivity contribution < 1.29 is 14.6 Å². The Morgan fingerprint density at radius 3 is 2.48 bits per heavy atom. The van der Waals surface area contributed by atoms with Crippen LogP contribution in [0.25, 0.3) is 0 Å². The van der Waals surface area contributed by atoms with Gasteiger partial charge in [0.05, 0.1) is 6.10 Å². The Hall–Kier alpha value is -1.55. The molecule has 0 unspecified atom stereocenters. The minimum Gasteiger partial charge on any atom is -0.444 e. The number of nitrogens with one attached hydrogen (secondary N) is 1. The third kappa shape index (κ3) is 8.35. The topological polar surface area (TPSA) is 58.6 Å². The maximum atomic E-state index is 11.4. The van der Waals surface area contributed by atoms with Gasteiger partial charge in [-0.15, -0.1) is 0 Å². The number of aliphatic hydroxyl groups is 1. The van der Waals surface area contributed by atoms with E-state index in [1.54, 1.807) is 0 Å². The summed E-state index contributed by atoms with van der Waals surface area (Å²) in [6.07, 6.45) is 2.78. The second-order valence-electron chi connectivity index (χ2n) is 6.20. The molecule has 0 aliphatic carbocycles. The normalized spacial score (nSPS) is 12.8. The van der Waals surface area contributed by atoms with Gasteiger partial charge in [-0.3, -0.25) is 0 Å². The molecule has 4 heteroatoms. The minimum atomic E-state index is -0.454. The Bertz CT molecular complexity index is 412. The summed E-state index contributed by atoms with van der Waals surface area (Å²) >= 11 is 0. The van der Waals surface area contributed by atoms with Crippen LogP contribution in [0.5, 0.6) is 0 Å². The van der Waals surface area contributed by atoms with E-state index < -0.39 is 11.7 Å². The number of ether oxygens (including phenoxy) is 1. The lowest BCUT2D eigenvalue weighted by Gasteiger charge is -2.19. The fourth-order valence-electron chi connectivity index (χ4n) is 1.99. The summed E-state index contributed by atoms with van der Waals surface area (Å²) in [6.45, 7) is 6.14. The predicted octanol–water partition coefficient (Wildman–Crippen LogP) is 3.81. The lowest BCUT2D eigenvalue weighted by Crippen LogP contribution is -2.32. The first-order chi connectivity index (χ1) is 9.88. The molecule has 118 valence electrons. The Morgan fingerprint density at radius 2 is 1.86 bits per heavy atom. The number of alkyl carbamates (subject to hydrolysis) is 1. The van der Waals surface area contributed by atoms with Crippen molar-refractivity contribution >= 4 is 6.09 Å². The number of unbranched alkanes of at least 4 members (excludes halogenated alkanes) is 2. The van der Waals surface area contributed by atoms with E-state index in [1.165, 1.54) is 0 Å². The highest BCUT2D eigenvalue weighted by Crippen LogP contribution is 2.18. The Morgan fingerprint density at radius 1 is 1.19 bits per heavy atom. The van der Waals surface area contributed by atoms with E-state index in [2.05, 4.69) is 5.32 Å². The van der Waals surface area contributed by atoms with E-state index in [4.69, 9.17) is 4.74 Å². The van der Waals surface area contributed by atoms with E-state index in [9.17, 15) is 9.90 Å². The van der Waals surface area contributed by atoms with Gasteiger partial charge < -0.3 is 15.2 Å². The Labute approximate surface area is 127 Å². The number of rotatable bonds is 7. The first-order valence-electron chi connectivity index (χ1n) is 7.58. The van der Waals surface area contributed by atoms with Crippen LogP contribution < -0.4 is 5.32 Å². The van der Waals surface area contributed by atoms with Crippen LogP contribution >= 0.6 is 0 Å². The second-order valence-corrected chi connectivity index (χ2v) is 6.20. The number of carbonyl (C=O) groups excluding carboxylic acids is 1. The van der Waals surface area contributed by atoms with Gasteiger partial charge in [-0.05, 0) is 39.2 Å². The first kappa shape index (κ1) is 17.5. The fraction of sp³-hybridized carbons (Fsp3) is 0.588. The van der Waals surface area contributed by atoms with Crippen LogP contribution in [0.1, 0.15) is 58.1 Å². The predicted molar refractivity (Wildman–Crippen MR) is 84.1 cm³/mol. The molecule has 1 amide bonds. The average Bonchev–Trinajstić information content (AvgIpc) is 2.41. The third-order valence-corrected chi connectivity index (χ3v) is 3.01. The Balaban J connectivity index is 2.06. The van der Waals surface area contributed by atoms with Crippen molar-refractivity contribution in [3.05, 3.63) is 35.9 Å². The molecule has 1 aromatic carbocycles. The van der Waals surface area contributed by atoms with Crippen molar-refractivity contribution in [1.29, 1.82) is 0 Å². The lowest BCUT2D eigenvalue weighted by molar-refractivity contribution is 0.0526. The van der Waals surface area contributed by atoms with Crippen molar-refractivity contribution in [2.45, 2.75) is 58.2 Å². The maximum Gasteiger partial charge on any atom is 0.407 e. The number of carbonyl (C=O) groups is 1. The van der Waals surface area contributed by atoms with Gasteiger partial charge in [-0.1, -0.05) is 43.2 Å². The van der Waals surface area contributed by atoms with Crippen LogP contribution in [0.2, 0.25) is 0 Å². The molecule has 0 aromatic heterocycles. The quantitative estimate of drug-likeness (QED) is 0.752. The molecular formula is C17H27NO3. The standard InChI is InChI=1S/C17H27NO3/c1-17(2,3)21-16(20)18-13-9-5-8-12-15(19)14-10-6-4-7-11-14/h4,6-7,10-11,15,19H,5,8-9,12-13H2,1-3H3,(H,18,20)/t15-/m1/s1. The third-order valence-electron chi connectivity index (χ3n) is 3.01. The molecule has 0 heterocycles. The SMILES string of the molecule is CC(C)(C)OC(=O)NCCCCC[C@@H](O)c1ccccc1. The number of amides is 1. The highest BCUT2D eigenvalue weighted by molar-refractivity contribution is 5.67. The lowest BCUT2D eigenvalue weighted by atomic mass is 10.0. The molecule has 0 saturated carbocycles. The van der Waals surface area contributed by atoms with E-state index in [0.717, 1.165) is 31.2 Å². The van der Waals surface area contributed by atoms with Gasteiger partial charge in [-0.25, -0.2) is 4.79 Å². The summed E-state index contributed by atoms with van der Waals surface area (Å²) < 4.78 is 5.15. The summed E-state index contributed by atoms with van der Waals surface area (Å²) in [6, 6.07) is 9.69. The molecule has 0 fully saturated rings. The van der Waals surface area contributed by atoms with Crippen LogP contribution in [0.4, 0.5) is 4.79 Å². The summed E-state index contributed by atoms with van der Waals surface area (Å²) in [5.41, 5.74) is 0.508. The van der Waals surface area contributed by atoms with Crippen LogP contribution in [-0.4, -0.2) is 23.3 Å². The zero-order valence-electron chi connectivity index (χ0n) is 13.3. The highest BCUT2D eigenvalue weighted by atomic mass is 16.6.